The van der Waals surface area contributed by atoms with E-state index in [-0.39, 0.29) is 18.2 Å². The van der Waals surface area contributed by atoms with Gasteiger partial charge in [-0.2, -0.15) is 0 Å². The van der Waals surface area contributed by atoms with Gasteiger partial charge in [-0.1, -0.05) is 6.07 Å². The highest BCUT2D eigenvalue weighted by atomic mass is 16.6. The van der Waals surface area contributed by atoms with E-state index in [1.165, 1.54) is 0 Å². The van der Waals surface area contributed by atoms with Gasteiger partial charge >= 0.3 is 0 Å². The van der Waals surface area contributed by atoms with Crippen LogP contribution in [0.1, 0.15) is 12.0 Å². The summed E-state index contributed by atoms with van der Waals surface area (Å²) >= 11 is 0. The number of pyridine rings is 1. The number of fused-ring (bicyclic) bond motifs is 2. The number of aromatic nitrogens is 1. The Morgan fingerprint density at radius 2 is 1.97 bits per heavy atom. The van der Waals surface area contributed by atoms with Gasteiger partial charge in [0.05, 0.1) is 17.1 Å². The smallest absolute Gasteiger partial charge is 0.229 e. The van der Waals surface area contributed by atoms with E-state index in [9.17, 15) is 9.59 Å². The van der Waals surface area contributed by atoms with Gasteiger partial charge in [-0.25, -0.2) is 0 Å². The number of hydrogen-bond acceptors (Lipinski definition) is 5. The Balaban J connectivity index is 1.35. The quantitative estimate of drug-likeness (QED) is 0.726. The maximum atomic E-state index is 12.9. The molecule has 2 aromatic carbocycles. The molecule has 1 aromatic heterocycles. The third kappa shape index (κ3) is 3.22. The first kappa shape index (κ1) is 18.4. The predicted octanol–water partition coefficient (Wildman–Crippen LogP) is 3.31. The molecule has 0 aliphatic carbocycles. The second-order valence-corrected chi connectivity index (χ2v) is 7.55. The van der Waals surface area contributed by atoms with Gasteiger partial charge in [0.2, 0.25) is 11.8 Å². The molecular formula is C23H21N3O4. The molecule has 1 fully saturated rings. The van der Waals surface area contributed by atoms with Gasteiger partial charge in [0.1, 0.15) is 13.2 Å². The van der Waals surface area contributed by atoms with Crippen LogP contribution in [0.3, 0.4) is 0 Å². The van der Waals surface area contributed by atoms with E-state index in [1.807, 2.05) is 37.3 Å². The molecule has 0 bridgehead atoms. The number of hydrogen-bond donors (Lipinski definition) is 1. The molecule has 1 saturated heterocycles. The van der Waals surface area contributed by atoms with Crippen molar-refractivity contribution in [2.24, 2.45) is 5.92 Å². The molecule has 1 N–H and O–H groups in total. The highest BCUT2D eigenvalue weighted by Crippen LogP contribution is 2.36. The molecule has 0 radical (unpaired) electrons. The van der Waals surface area contributed by atoms with Crippen LogP contribution in [-0.4, -0.2) is 36.6 Å². The highest BCUT2D eigenvalue weighted by molar-refractivity contribution is 6.07. The maximum absolute atomic E-state index is 12.9. The largest absolute Gasteiger partial charge is 0.486 e. The molecule has 0 saturated carbocycles. The number of anilines is 2. The zero-order valence-corrected chi connectivity index (χ0v) is 16.6. The van der Waals surface area contributed by atoms with Crippen LogP contribution in [0.25, 0.3) is 10.9 Å². The van der Waals surface area contributed by atoms with Crippen LogP contribution in [0.2, 0.25) is 0 Å². The van der Waals surface area contributed by atoms with Crippen molar-refractivity contribution >= 4 is 34.1 Å². The number of rotatable bonds is 3. The summed E-state index contributed by atoms with van der Waals surface area (Å²) in [5, 5.41) is 3.88. The summed E-state index contributed by atoms with van der Waals surface area (Å²) in [7, 11) is 0. The van der Waals surface area contributed by atoms with Gasteiger partial charge in [-0.3, -0.25) is 14.6 Å². The van der Waals surface area contributed by atoms with Gasteiger partial charge in [0, 0.05) is 36.3 Å². The molecule has 0 spiro atoms. The Labute approximate surface area is 173 Å². The molecule has 3 heterocycles. The van der Waals surface area contributed by atoms with Crippen LogP contribution in [-0.2, 0) is 9.59 Å². The van der Waals surface area contributed by atoms with Crippen molar-refractivity contribution in [2.45, 2.75) is 13.3 Å². The summed E-state index contributed by atoms with van der Waals surface area (Å²) in [6, 6.07) is 13.0. The summed E-state index contributed by atoms with van der Waals surface area (Å²) in [5.74, 6) is 0.613. The standard InChI is InChI=1S/C23H21N3O4/c1-14-4-6-18(17-3-2-8-24-22(14)17)25-23(28)15-11-21(27)26(13-15)16-5-7-19-20(12-16)30-10-9-29-19/h2-8,12,15H,9-11,13H2,1H3,(H,25,28)/t15-/m0/s1. The van der Waals surface area contributed by atoms with Crippen LogP contribution in [0.5, 0.6) is 11.5 Å². The van der Waals surface area contributed by atoms with Crippen molar-refractivity contribution in [2.75, 3.05) is 30.0 Å². The van der Waals surface area contributed by atoms with E-state index < -0.39 is 5.92 Å². The molecule has 1 atom stereocenters. The first-order valence-electron chi connectivity index (χ1n) is 9.95. The molecule has 0 unspecified atom stereocenters. The van der Waals surface area contributed by atoms with E-state index in [1.54, 1.807) is 23.2 Å². The highest BCUT2D eigenvalue weighted by Gasteiger charge is 2.35. The Morgan fingerprint density at radius 3 is 2.83 bits per heavy atom. The first-order chi connectivity index (χ1) is 14.6. The van der Waals surface area contributed by atoms with Crippen LogP contribution < -0.4 is 19.7 Å². The van der Waals surface area contributed by atoms with Crippen LogP contribution in [0.4, 0.5) is 11.4 Å². The second-order valence-electron chi connectivity index (χ2n) is 7.55. The lowest BCUT2D eigenvalue weighted by atomic mass is 10.1. The predicted molar refractivity (Wildman–Crippen MR) is 113 cm³/mol. The fraction of sp³-hybridized carbons (Fsp3) is 0.261. The fourth-order valence-electron chi connectivity index (χ4n) is 3.99. The second kappa shape index (κ2) is 7.33. The zero-order valence-electron chi connectivity index (χ0n) is 16.6. The fourth-order valence-corrected chi connectivity index (χ4v) is 3.99. The van der Waals surface area contributed by atoms with Gasteiger partial charge in [-0.05, 0) is 42.8 Å². The molecule has 7 nitrogen and oxygen atoms in total. The molecule has 5 rings (SSSR count). The number of carbonyl (C=O) groups is 2. The summed E-state index contributed by atoms with van der Waals surface area (Å²) in [6.07, 6.45) is 1.91. The molecule has 2 aliphatic rings. The molecule has 3 aromatic rings. The molecule has 152 valence electrons. The number of ether oxygens (including phenoxy) is 2. The topological polar surface area (TPSA) is 80.8 Å². The normalized spacial score (nSPS) is 18.0. The summed E-state index contributed by atoms with van der Waals surface area (Å²) in [4.78, 5) is 31.6. The Kier molecular flexibility index (Phi) is 4.50. The molecule has 2 aliphatic heterocycles. The average Bonchev–Trinajstić information content (AvgIpc) is 3.17. The number of nitrogens with one attached hydrogen (secondary N) is 1. The number of aryl methyl sites for hydroxylation is 1. The first-order valence-corrected chi connectivity index (χ1v) is 9.95. The van der Waals surface area contributed by atoms with E-state index in [4.69, 9.17) is 9.47 Å². The van der Waals surface area contributed by atoms with Crippen molar-refractivity contribution in [3.05, 3.63) is 54.2 Å². The number of nitrogens with zero attached hydrogens (tertiary/aromatic N) is 2. The van der Waals surface area contributed by atoms with Crippen LogP contribution in [0.15, 0.2) is 48.7 Å². The lowest BCUT2D eigenvalue weighted by Gasteiger charge is -2.22. The van der Waals surface area contributed by atoms with Crippen molar-refractivity contribution in [3.8, 4) is 11.5 Å². The number of amides is 2. The lowest BCUT2D eigenvalue weighted by Crippen LogP contribution is -2.28. The van der Waals surface area contributed by atoms with E-state index in [2.05, 4.69) is 10.3 Å². The van der Waals surface area contributed by atoms with Crippen LogP contribution >= 0.6 is 0 Å². The van der Waals surface area contributed by atoms with E-state index >= 15 is 0 Å². The van der Waals surface area contributed by atoms with Gasteiger partial charge in [-0.15, -0.1) is 0 Å². The lowest BCUT2D eigenvalue weighted by molar-refractivity contribution is -0.122. The van der Waals surface area contributed by atoms with Crippen molar-refractivity contribution < 1.29 is 19.1 Å². The minimum atomic E-state index is -0.432. The molecule has 30 heavy (non-hydrogen) atoms. The zero-order chi connectivity index (χ0) is 20.7. The Bertz CT molecular complexity index is 1160. The van der Waals surface area contributed by atoms with Crippen molar-refractivity contribution in [1.29, 1.82) is 0 Å². The van der Waals surface area contributed by atoms with E-state index in [0.29, 0.717) is 42.6 Å². The number of benzene rings is 2. The molecule has 7 heteroatoms. The summed E-state index contributed by atoms with van der Waals surface area (Å²) < 4.78 is 11.2. The summed E-state index contributed by atoms with van der Waals surface area (Å²) in [6.45, 7) is 3.31. The van der Waals surface area contributed by atoms with Crippen LogP contribution in [0, 0.1) is 12.8 Å². The average molecular weight is 403 g/mol. The van der Waals surface area contributed by atoms with E-state index in [0.717, 1.165) is 16.5 Å². The summed E-state index contributed by atoms with van der Waals surface area (Å²) in [5.41, 5.74) is 3.32. The Morgan fingerprint density at radius 1 is 1.13 bits per heavy atom. The van der Waals surface area contributed by atoms with Gasteiger partial charge in [0.25, 0.3) is 0 Å². The SMILES string of the molecule is Cc1ccc(NC(=O)[C@H]2CC(=O)N(c3ccc4c(c3)OCCO4)C2)c2cccnc12. The monoisotopic (exact) mass is 403 g/mol. The van der Waals surface area contributed by atoms with Gasteiger partial charge < -0.3 is 19.7 Å². The minimum absolute atomic E-state index is 0.0812. The maximum Gasteiger partial charge on any atom is 0.229 e. The van der Waals surface area contributed by atoms with Gasteiger partial charge in [0.15, 0.2) is 11.5 Å². The third-order valence-electron chi connectivity index (χ3n) is 5.56. The third-order valence-corrected chi connectivity index (χ3v) is 5.56. The molecular weight excluding hydrogens is 382 g/mol. The molecule has 2 amide bonds. The van der Waals surface area contributed by atoms with Crippen molar-refractivity contribution in [1.82, 2.24) is 4.98 Å². The Hall–Kier alpha value is -3.61. The number of carbonyl (C=O) groups excluding carboxylic acids is 2. The minimum Gasteiger partial charge on any atom is -0.486 e. The van der Waals surface area contributed by atoms with Crippen molar-refractivity contribution in [3.63, 3.8) is 0 Å².